The number of aromatic nitrogens is 2. The van der Waals surface area contributed by atoms with Crippen LogP contribution in [0, 0.1) is 0 Å². The van der Waals surface area contributed by atoms with Gasteiger partial charge in [-0.3, -0.25) is 9.79 Å². The molecule has 3 rings (SSSR count). The van der Waals surface area contributed by atoms with E-state index in [1.807, 2.05) is 61.4 Å². The fourth-order valence-electron chi connectivity index (χ4n) is 3.20. The SMILES string of the molecule is CCNC(=NCCCNC(=O)c1cccc(O)c1)N(C)Cc1cnn(-c2ccccc2)c1. The van der Waals surface area contributed by atoms with Crippen LogP contribution in [-0.4, -0.2) is 58.3 Å². The molecule has 32 heavy (non-hydrogen) atoms. The number of guanidine groups is 1. The topological polar surface area (TPSA) is 94.8 Å². The molecule has 0 aliphatic heterocycles. The summed E-state index contributed by atoms with van der Waals surface area (Å²) in [6.07, 6.45) is 4.59. The fourth-order valence-corrected chi connectivity index (χ4v) is 3.20. The molecule has 0 unspecified atom stereocenters. The Balaban J connectivity index is 1.49. The minimum Gasteiger partial charge on any atom is -0.508 e. The maximum absolute atomic E-state index is 12.1. The number of nitrogens with zero attached hydrogens (tertiary/aromatic N) is 4. The smallest absolute Gasteiger partial charge is 0.251 e. The molecule has 0 radical (unpaired) electrons. The molecule has 0 saturated heterocycles. The summed E-state index contributed by atoms with van der Waals surface area (Å²) in [6.45, 7) is 4.56. The summed E-state index contributed by atoms with van der Waals surface area (Å²) >= 11 is 0. The van der Waals surface area contributed by atoms with Crippen molar-refractivity contribution < 1.29 is 9.90 Å². The first-order valence-electron chi connectivity index (χ1n) is 10.7. The highest BCUT2D eigenvalue weighted by atomic mass is 16.3. The number of hydrogen-bond donors (Lipinski definition) is 3. The van der Waals surface area contributed by atoms with Gasteiger partial charge < -0.3 is 20.6 Å². The highest BCUT2D eigenvalue weighted by molar-refractivity contribution is 5.94. The van der Waals surface area contributed by atoms with Gasteiger partial charge in [0.1, 0.15) is 5.75 Å². The van der Waals surface area contributed by atoms with Gasteiger partial charge in [-0.1, -0.05) is 24.3 Å². The van der Waals surface area contributed by atoms with E-state index in [4.69, 9.17) is 0 Å². The van der Waals surface area contributed by atoms with E-state index in [2.05, 4.69) is 25.6 Å². The van der Waals surface area contributed by atoms with Crippen LogP contribution in [0.25, 0.3) is 5.69 Å². The van der Waals surface area contributed by atoms with Crippen LogP contribution in [0.1, 0.15) is 29.3 Å². The van der Waals surface area contributed by atoms with Gasteiger partial charge in [0, 0.05) is 50.6 Å². The predicted molar refractivity (Wildman–Crippen MR) is 126 cm³/mol. The van der Waals surface area contributed by atoms with Crippen LogP contribution in [0.4, 0.5) is 0 Å². The largest absolute Gasteiger partial charge is 0.508 e. The lowest BCUT2D eigenvalue weighted by molar-refractivity contribution is 0.0953. The Morgan fingerprint density at radius 2 is 1.97 bits per heavy atom. The second-order valence-corrected chi connectivity index (χ2v) is 7.38. The van der Waals surface area contributed by atoms with E-state index in [-0.39, 0.29) is 11.7 Å². The number of hydrogen-bond acceptors (Lipinski definition) is 4. The minimum atomic E-state index is -0.204. The zero-order valence-corrected chi connectivity index (χ0v) is 18.5. The second kappa shape index (κ2) is 11.5. The second-order valence-electron chi connectivity index (χ2n) is 7.38. The fraction of sp³-hybridized carbons (Fsp3) is 0.292. The average Bonchev–Trinajstić information content (AvgIpc) is 3.27. The van der Waals surface area contributed by atoms with Crippen molar-refractivity contribution in [2.24, 2.45) is 4.99 Å². The molecule has 1 amide bonds. The number of aromatic hydroxyl groups is 1. The van der Waals surface area contributed by atoms with Crippen LogP contribution in [0.3, 0.4) is 0 Å². The number of rotatable bonds is 9. The number of para-hydroxylation sites is 1. The van der Waals surface area contributed by atoms with E-state index in [0.29, 0.717) is 31.6 Å². The Labute approximate surface area is 188 Å². The first-order valence-corrected chi connectivity index (χ1v) is 10.7. The maximum Gasteiger partial charge on any atom is 0.251 e. The van der Waals surface area contributed by atoms with Crippen molar-refractivity contribution in [1.82, 2.24) is 25.3 Å². The Hall–Kier alpha value is -3.81. The number of aliphatic imine (C=N–C) groups is 1. The molecule has 0 spiro atoms. The zero-order valence-electron chi connectivity index (χ0n) is 18.5. The van der Waals surface area contributed by atoms with Gasteiger partial charge in [0.25, 0.3) is 5.91 Å². The van der Waals surface area contributed by atoms with E-state index in [1.54, 1.807) is 12.1 Å². The van der Waals surface area contributed by atoms with E-state index in [9.17, 15) is 9.90 Å². The summed E-state index contributed by atoms with van der Waals surface area (Å²) in [6, 6.07) is 16.3. The average molecular weight is 435 g/mol. The van der Waals surface area contributed by atoms with Gasteiger partial charge >= 0.3 is 0 Å². The van der Waals surface area contributed by atoms with Gasteiger partial charge in [-0.2, -0.15) is 5.10 Å². The lowest BCUT2D eigenvalue weighted by Gasteiger charge is -2.21. The van der Waals surface area contributed by atoms with E-state index in [1.165, 1.54) is 12.1 Å². The van der Waals surface area contributed by atoms with Crippen molar-refractivity contribution in [3.05, 3.63) is 78.1 Å². The summed E-state index contributed by atoms with van der Waals surface area (Å²) in [5.41, 5.74) is 2.55. The summed E-state index contributed by atoms with van der Waals surface area (Å²) in [5, 5.41) is 20.1. The normalized spacial score (nSPS) is 11.2. The van der Waals surface area contributed by atoms with Crippen molar-refractivity contribution in [3.63, 3.8) is 0 Å². The molecule has 1 aromatic heterocycles. The molecule has 3 N–H and O–H groups in total. The first kappa shape index (κ1) is 22.9. The molecule has 0 atom stereocenters. The summed E-state index contributed by atoms with van der Waals surface area (Å²) < 4.78 is 1.86. The number of carbonyl (C=O) groups is 1. The molecule has 8 heteroatoms. The van der Waals surface area contributed by atoms with Gasteiger partial charge in [-0.15, -0.1) is 0 Å². The molecular weight excluding hydrogens is 404 g/mol. The van der Waals surface area contributed by atoms with Gasteiger partial charge in [0.2, 0.25) is 0 Å². The van der Waals surface area contributed by atoms with Gasteiger partial charge in [0.05, 0.1) is 11.9 Å². The van der Waals surface area contributed by atoms with Gasteiger partial charge in [0.15, 0.2) is 5.96 Å². The van der Waals surface area contributed by atoms with Crippen LogP contribution in [0.2, 0.25) is 0 Å². The van der Waals surface area contributed by atoms with Crippen molar-refractivity contribution in [2.75, 3.05) is 26.7 Å². The van der Waals surface area contributed by atoms with Crippen molar-refractivity contribution in [2.45, 2.75) is 19.9 Å². The molecular formula is C24H30N6O2. The van der Waals surface area contributed by atoms with Crippen LogP contribution in [0.5, 0.6) is 5.75 Å². The molecule has 168 valence electrons. The molecule has 0 fully saturated rings. The zero-order chi connectivity index (χ0) is 22.8. The van der Waals surface area contributed by atoms with Crippen molar-refractivity contribution in [3.8, 4) is 11.4 Å². The highest BCUT2D eigenvalue weighted by Crippen LogP contribution is 2.11. The number of benzene rings is 2. The third kappa shape index (κ3) is 6.60. The Bertz CT molecular complexity index is 1030. The van der Waals surface area contributed by atoms with E-state index in [0.717, 1.165) is 23.8 Å². The number of amides is 1. The first-order chi connectivity index (χ1) is 15.6. The molecule has 0 saturated carbocycles. The Kier molecular flexibility index (Phi) is 8.25. The van der Waals surface area contributed by atoms with Crippen molar-refractivity contribution >= 4 is 11.9 Å². The quantitative estimate of drug-likeness (QED) is 0.274. The van der Waals surface area contributed by atoms with Crippen LogP contribution in [-0.2, 0) is 6.54 Å². The number of nitrogens with one attached hydrogen (secondary N) is 2. The van der Waals surface area contributed by atoms with Gasteiger partial charge in [-0.25, -0.2) is 4.68 Å². The predicted octanol–water partition coefficient (Wildman–Crippen LogP) is 2.80. The molecule has 3 aromatic rings. The molecule has 1 heterocycles. The molecule has 2 aromatic carbocycles. The molecule has 8 nitrogen and oxygen atoms in total. The van der Waals surface area contributed by atoms with Crippen molar-refractivity contribution in [1.29, 1.82) is 0 Å². The summed E-state index contributed by atoms with van der Waals surface area (Å²) in [5.74, 6) is 0.679. The minimum absolute atomic E-state index is 0.0786. The highest BCUT2D eigenvalue weighted by Gasteiger charge is 2.09. The summed E-state index contributed by atoms with van der Waals surface area (Å²) in [4.78, 5) is 18.9. The van der Waals surface area contributed by atoms with E-state index >= 15 is 0 Å². The van der Waals surface area contributed by atoms with Crippen LogP contribution in [0.15, 0.2) is 72.0 Å². The molecule has 0 aliphatic carbocycles. The number of carbonyl (C=O) groups excluding carboxylic acids is 1. The standard InChI is InChI=1S/C24H30N6O2/c1-3-25-24(27-14-8-13-26-23(32)20-9-7-12-22(31)15-20)29(2)17-19-16-28-30(18-19)21-10-5-4-6-11-21/h4-7,9-12,15-16,18,31H,3,8,13-14,17H2,1-2H3,(H,25,27)(H,26,32). The molecule has 0 aliphatic rings. The van der Waals surface area contributed by atoms with E-state index < -0.39 is 0 Å². The Morgan fingerprint density at radius 1 is 1.16 bits per heavy atom. The monoisotopic (exact) mass is 434 g/mol. The number of phenolic OH excluding ortho intramolecular Hbond substituents is 1. The van der Waals surface area contributed by atoms with Crippen LogP contribution < -0.4 is 10.6 Å². The number of phenols is 1. The summed E-state index contributed by atoms with van der Waals surface area (Å²) in [7, 11) is 1.99. The molecule has 0 bridgehead atoms. The van der Waals surface area contributed by atoms with Gasteiger partial charge in [-0.05, 0) is 43.7 Å². The lowest BCUT2D eigenvalue weighted by atomic mass is 10.2. The van der Waals surface area contributed by atoms with Crippen LogP contribution >= 0.6 is 0 Å². The third-order valence-electron chi connectivity index (χ3n) is 4.76. The maximum atomic E-state index is 12.1. The Morgan fingerprint density at radius 3 is 2.72 bits per heavy atom. The third-order valence-corrected chi connectivity index (χ3v) is 4.76. The lowest BCUT2D eigenvalue weighted by Crippen LogP contribution is -2.38.